The normalized spacial score (nSPS) is 18.1. The first-order valence-corrected chi connectivity index (χ1v) is 10.4. The molecule has 1 amide bonds. The first-order valence-electron chi connectivity index (χ1n) is 10.4. The zero-order valence-corrected chi connectivity index (χ0v) is 17.4. The average Bonchev–Trinajstić information content (AvgIpc) is 3.27. The minimum Gasteiger partial charge on any atom is -0.317 e. The van der Waals surface area contributed by atoms with Crippen LogP contribution in [-0.2, 0) is 0 Å². The van der Waals surface area contributed by atoms with E-state index in [-0.39, 0.29) is 5.91 Å². The van der Waals surface area contributed by atoms with E-state index in [0.717, 1.165) is 43.7 Å². The maximum atomic E-state index is 13.1. The quantitative estimate of drug-likeness (QED) is 0.635. The number of allylic oxidation sites excluding steroid dienone is 4. The Bertz CT molecular complexity index is 1080. The molecule has 0 spiro atoms. The molecule has 4 rings (SSSR count). The van der Waals surface area contributed by atoms with Crippen LogP contribution >= 0.6 is 0 Å². The Morgan fingerprint density at radius 3 is 3.03 bits per heavy atom. The van der Waals surface area contributed by atoms with Crippen LogP contribution in [0.4, 0.5) is 5.82 Å². The third kappa shape index (κ3) is 4.04. The van der Waals surface area contributed by atoms with E-state index in [1.54, 1.807) is 29.2 Å². The summed E-state index contributed by atoms with van der Waals surface area (Å²) in [6.07, 6.45) is 14.1. The summed E-state index contributed by atoms with van der Waals surface area (Å²) < 4.78 is 3.40. The monoisotopic (exact) mass is 405 g/mol. The number of amides is 1. The van der Waals surface area contributed by atoms with E-state index in [1.807, 2.05) is 42.8 Å². The second-order valence-electron chi connectivity index (χ2n) is 7.36. The lowest BCUT2D eigenvalue weighted by molar-refractivity contribution is 0.102. The van der Waals surface area contributed by atoms with E-state index >= 15 is 0 Å². The molecule has 1 atom stereocenters. The van der Waals surface area contributed by atoms with Crippen LogP contribution < -0.4 is 10.6 Å². The van der Waals surface area contributed by atoms with Crippen molar-refractivity contribution in [3.8, 4) is 0 Å². The van der Waals surface area contributed by atoms with Crippen LogP contribution in [0.15, 0.2) is 49.0 Å². The highest BCUT2D eigenvalue weighted by molar-refractivity contribution is 6.08. The second-order valence-corrected chi connectivity index (χ2v) is 7.36. The fourth-order valence-electron chi connectivity index (χ4n) is 3.83. The number of rotatable bonds is 5. The third-order valence-corrected chi connectivity index (χ3v) is 5.37. The van der Waals surface area contributed by atoms with Gasteiger partial charge < -0.3 is 10.6 Å². The Morgan fingerprint density at radius 1 is 1.30 bits per heavy atom. The highest BCUT2D eigenvalue weighted by Gasteiger charge is 2.22. The van der Waals surface area contributed by atoms with Crippen molar-refractivity contribution in [2.24, 2.45) is 0 Å². The number of hydrogen-bond acceptors (Lipinski definition) is 5. The molecule has 1 saturated heterocycles. The SMILES string of the molecule is CC=CC(=CC)n1nc(C2CCCNCC2)cc1NC(=O)c1cnn2cccnc12. The number of carbonyl (C=O) groups excluding carboxylic acids is 1. The minimum atomic E-state index is -0.255. The Kier molecular flexibility index (Phi) is 6.04. The topological polar surface area (TPSA) is 89.1 Å². The van der Waals surface area contributed by atoms with Crippen LogP contribution in [0.5, 0.6) is 0 Å². The van der Waals surface area contributed by atoms with Gasteiger partial charge in [0.05, 0.1) is 17.6 Å². The molecule has 1 aliphatic heterocycles. The van der Waals surface area contributed by atoms with Crippen LogP contribution in [0.25, 0.3) is 11.3 Å². The van der Waals surface area contributed by atoms with Crippen LogP contribution in [0.2, 0.25) is 0 Å². The molecular formula is C22H27N7O. The largest absolute Gasteiger partial charge is 0.317 e. The molecule has 1 unspecified atom stereocenters. The number of aromatic nitrogens is 5. The van der Waals surface area contributed by atoms with Gasteiger partial charge in [0.25, 0.3) is 5.91 Å². The number of nitrogens with zero attached hydrogens (tertiary/aromatic N) is 5. The number of fused-ring (bicyclic) bond motifs is 1. The van der Waals surface area contributed by atoms with Crippen LogP contribution in [0, 0.1) is 0 Å². The lowest BCUT2D eigenvalue weighted by Gasteiger charge is -2.10. The molecule has 2 N–H and O–H groups in total. The Labute approximate surface area is 175 Å². The van der Waals surface area contributed by atoms with Crippen molar-refractivity contribution in [3.63, 3.8) is 0 Å². The van der Waals surface area contributed by atoms with Gasteiger partial charge in [0.15, 0.2) is 5.65 Å². The van der Waals surface area contributed by atoms with Crippen molar-refractivity contribution in [3.05, 3.63) is 60.2 Å². The van der Waals surface area contributed by atoms with Crippen LogP contribution in [0.3, 0.4) is 0 Å². The van der Waals surface area contributed by atoms with Crippen LogP contribution in [-0.4, -0.2) is 43.4 Å². The van der Waals surface area contributed by atoms with E-state index in [0.29, 0.717) is 22.9 Å². The molecule has 0 radical (unpaired) electrons. The van der Waals surface area contributed by atoms with Crippen molar-refractivity contribution in [2.75, 3.05) is 18.4 Å². The maximum Gasteiger partial charge on any atom is 0.262 e. The smallest absolute Gasteiger partial charge is 0.262 e. The molecule has 0 aromatic carbocycles. The summed E-state index contributed by atoms with van der Waals surface area (Å²) in [7, 11) is 0. The molecule has 8 nitrogen and oxygen atoms in total. The zero-order chi connectivity index (χ0) is 20.9. The number of carbonyl (C=O) groups is 1. The third-order valence-electron chi connectivity index (χ3n) is 5.37. The molecule has 0 saturated carbocycles. The maximum absolute atomic E-state index is 13.1. The minimum absolute atomic E-state index is 0.255. The van der Waals surface area contributed by atoms with Gasteiger partial charge in [0.1, 0.15) is 11.4 Å². The molecule has 30 heavy (non-hydrogen) atoms. The molecule has 4 heterocycles. The van der Waals surface area contributed by atoms with Gasteiger partial charge in [0.2, 0.25) is 0 Å². The predicted octanol–water partition coefficient (Wildman–Crippen LogP) is 3.47. The molecule has 8 heteroatoms. The van der Waals surface area contributed by atoms with E-state index in [1.165, 1.54) is 0 Å². The lowest BCUT2D eigenvalue weighted by Crippen LogP contribution is -2.15. The molecule has 0 aliphatic carbocycles. The van der Waals surface area contributed by atoms with E-state index in [9.17, 15) is 4.79 Å². The second kappa shape index (κ2) is 9.04. The fourth-order valence-corrected chi connectivity index (χ4v) is 3.83. The Morgan fingerprint density at radius 2 is 2.20 bits per heavy atom. The molecule has 156 valence electrons. The zero-order valence-electron chi connectivity index (χ0n) is 17.4. The summed E-state index contributed by atoms with van der Waals surface area (Å²) in [4.78, 5) is 17.3. The van der Waals surface area contributed by atoms with E-state index < -0.39 is 0 Å². The summed E-state index contributed by atoms with van der Waals surface area (Å²) in [5, 5.41) is 15.6. The van der Waals surface area contributed by atoms with Gasteiger partial charge in [0, 0.05) is 24.4 Å². The van der Waals surface area contributed by atoms with Gasteiger partial charge >= 0.3 is 0 Å². The fraction of sp³-hybridized carbons (Fsp3) is 0.364. The Hall–Kier alpha value is -3.26. The van der Waals surface area contributed by atoms with Gasteiger partial charge in [-0.15, -0.1) is 0 Å². The van der Waals surface area contributed by atoms with Crippen molar-refractivity contribution in [2.45, 2.75) is 39.0 Å². The van der Waals surface area contributed by atoms with Gasteiger partial charge in [-0.25, -0.2) is 14.2 Å². The summed E-state index contributed by atoms with van der Waals surface area (Å²) in [6.45, 7) is 5.96. The van der Waals surface area contributed by atoms with Gasteiger partial charge in [-0.05, 0) is 58.3 Å². The standard InChI is InChI=1S/C22H27N7O/c1-3-7-17(4-2)29-20(14-19(27-29)16-8-5-10-23-12-9-16)26-22(30)18-15-25-28-13-6-11-24-21(18)28/h3-4,6-7,11,13-16,23H,5,8-10,12H2,1-2H3,(H,26,30). The number of hydrogen-bond donors (Lipinski definition) is 2. The highest BCUT2D eigenvalue weighted by Crippen LogP contribution is 2.29. The molecule has 3 aromatic rings. The van der Waals surface area contributed by atoms with Gasteiger partial charge in [-0.2, -0.15) is 10.2 Å². The summed E-state index contributed by atoms with van der Waals surface area (Å²) in [5.41, 5.74) is 2.87. The summed E-state index contributed by atoms with van der Waals surface area (Å²) >= 11 is 0. The highest BCUT2D eigenvalue weighted by atomic mass is 16.1. The first-order chi connectivity index (χ1) is 14.7. The summed E-state index contributed by atoms with van der Waals surface area (Å²) in [5.74, 6) is 0.766. The summed E-state index contributed by atoms with van der Waals surface area (Å²) in [6, 6.07) is 3.78. The van der Waals surface area contributed by atoms with Gasteiger partial charge in [-0.3, -0.25) is 4.79 Å². The van der Waals surface area contributed by atoms with Gasteiger partial charge in [-0.1, -0.05) is 12.2 Å². The molecule has 1 aliphatic rings. The first kappa shape index (κ1) is 20.0. The molecule has 1 fully saturated rings. The van der Waals surface area contributed by atoms with E-state index in [2.05, 4.69) is 20.7 Å². The average molecular weight is 406 g/mol. The predicted molar refractivity (Wildman–Crippen MR) is 117 cm³/mol. The molecular weight excluding hydrogens is 378 g/mol. The Balaban J connectivity index is 1.68. The van der Waals surface area contributed by atoms with E-state index in [4.69, 9.17) is 5.10 Å². The molecule has 0 bridgehead atoms. The number of anilines is 1. The van der Waals surface area contributed by atoms with Crippen molar-refractivity contribution in [1.29, 1.82) is 0 Å². The lowest BCUT2D eigenvalue weighted by atomic mass is 9.97. The van der Waals surface area contributed by atoms with Crippen molar-refractivity contribution < 1.29 is 4.79 Å². The van der Waals surface area contributed by atoms with Crippen molar-refractivity contribution in [1.82, 2.24) is 29.7 Å². The number of nitrogens with one attached hydrogen (secondary N) is 2. The molecule has 3 aromatic heterocycles. The van der Waals surface area contributed by atoms with Crippen molar-refractivity contribution >= 4 is 23.1 Å². The van der Waals surface area contributed by atoms with Crippen LogP contribution in [0.1, 0.15) is 55.1 Å².